The predicted octanol–water partition coefficient (Wildman–Crippen LogP) is 4.76. The van der Waals surface area contributed by atoms with Crippen LogP contribution in [0.5, 0.6) is 0 Å². The van der Waals surface area contributed by atoms with Crippen LogP contribution in [0.1, 0.15) is 75.8 Å². The van der Waals surface area contributed by atoms with Crippen LogP contribution < -0.4 is 10.6 Å². The van der Waals surface area contributed by atoms with Crippen LogP contribution in [0.3, 0.4) is 0 Å². The van der Waals surface area contributed by atoms with Gasteiger partial charge in [-0.1, -0.05) is 57.7 Å². The molecule has 1 aromatic rings. The molecule has 0 radical (unpaired) electrons. The summed E-state index contributed by atoms with van der Waals surface area (Å²) in [6, 6.07) is 6.80. The van der Waals surface area contributed by atoms with Crippen LogP contribution >= 0.6 is 0 Å². The molecule has 0 spiro atoms. The minimum absolute atomic E-state index is 0.184. The second-order valence-corrected chi connectivity index (χ2v) is 7.13. The topological polar surface area (TPSA) is 41.1 Å². The second-order valence-electron chi connectivity index (χ2n) is 7.13. The lowest BCUT2D eigenvalue weighted by molar-refractivity contribution is -0.121. The van der Waals surface area contributed by atoms with E-state index in [2.05, 4.69) is 49.6 Å². The number of rotatable bonds is 6. The highest BCUT2D eigenvalue weighted by molar-refractivity contribution is 5.77. The van der Waals surface area contributed by atoms with Crippen LogP contribution in [0.2, 0.25) is 0 Å². The van der Waals surface area contributed by atoms with Gasteiger partial charge >= 0.3 is 0 Å². The van der Waals surface area contributed by atoms with Crippen LogP contribution in [0.15, 0.2) is 18.2 Å². The second kappa shape index (κ2) is 8.95. The van der Waals surface area contributed by atoms with Crippen molar-refractivity contribution >= 4 is 11.6 Å². The van der Waals surface area contributed by atoms with Gasteiger partial charge in [-0.05, 0) is 36.8 Å². The SMILES string of the molecule is Cc1cccc(C(C)C)c1NCCC(=O)NC1CCCCCC1. The third-order valence-electron chi connectivity index (χ3n) is 4.80. The Morgan fingerprint density at radius 1 is 1.17 bits per heavy atom. The molecule has 0 unspecified atom stereocenters. The average molecular weight is 316 g/mol. The molecule has 1 amide bonds. The van der Waals surface area contributed by atoms with Gasteiger partial charge in [-0.15, -0.1) is 0 Å². The summed E-state index contributed by atoms with van der Waals surface area (Å²) in [6.07, 6.45) is 7.98. The van der Waals surface area contributed by atoms with Crippen molar-refractivity contribution in [1.82, 2.24) is 5.32 Å². The van der Waals surface area contributed by atoms with Crippen LogP contribution in [-0.4, -0.2) is 18.5 Å². The molecular formula is C20H32N2O. The van der Waals surface area contributed by atoms with Crippen molar-refractivity contribution in [1.29, 1.82) is 0 Å². The van der Waals surface area contributed by atoms with Gasteiger partial charge in [0.15, 0.2) is 0 Å². The number of aryl methyl sites for hydroxylation is 1. The first-order chi connectivity index (χ1) is 11.1. The summed E-state index contributed by atoms with van der Waals surface area (Å²) >= 11 is 0. The number of anilines is 1. The van der Waals surface area contributed by atoms with Gasteiger partial charge in [-0.25, -0.2) is 0 Å². The van der Waals surface area contributed by atoms with E-state index in [0.29, 0.717) is 24.9 Å². The van der Waals surface area contributed by atoms with E-state index < -0.39 is 0 Å². The number of nitrogens with one attached hydrogen (secondary N) is 2. The zero-order valence-electron chi connectivity index (χ0n) is 15.0. The van der Waals surface area contributed by atoms with E-state index in [-0.39, 0.29) is 5.91 Å². The van der Waals surface area contributed by atoms with Crippen LogP contribution in [0.25, 0.3) is 0 Å². The summed E-state index contributed by atoms with van der Waals surface area (Å²) in [6.45, 7) is 7.24. The summed E-state index contributed by atoms with van der Waals surface area (Å²) < 4.78 is 0. The van der Waals surface area contributed by atoms with Crippen molar-refractivity contribution in [3.05, 3.63) is 29.3 Å². The van der Waals surface area contributed by atoms with Crippen molar-refractivity contribution < 1.29 is 4.79 Å². The van der Waals surface area contributed by atoms with E-state index in [4.69, 9.17) is 0 Å². The van der Waals surface area contributed by atoms with E-state index >= 15 is 0 Å². The van der Waals surface area contributed by atoms with E-state index in [1.807, 2.05) is 0 Å². The summed E-state index contributed by atoms with van der Waals surface area (Å²) in [5.74, 6) is 0.668. The average Bonchev–Trinajstić information content (AvgIpc) is 2.77. The van der Waals surface area contributed by atoms with E-state index in [9.17, 15) is 4.79 Å². The Balaban J connectivity index is 1.81. The zero-order chi connectivity index (χ0) is 16.7. The first kappa shape index (κ1) is 17.8. The first-order valence-corrected chi connectivity index (χ1v) is 9.20. The van der Waals surface area contributed by atoms with Crippen molar-refractivity contribution in [2.24, 2.45) is 0 Å². The lowest BCUT2D eigenvalue weighted by Gasteiger charge is -2.19. The number of carbonyl (C=O) groups excluding carboxylic acids is 1. The number of hydrogen-bond acceptors (Lipinski definition) is 2. The molecule has 1 saturated carbocycles. The number of benzene rings is 1. The maximum absolute atomic E-state index is 12.2. The Kier molecular flexibility index (Phi) is 6.94. The van der Waals surface area contributed by atoms with E-state index in [1.54, 1.807) is 0 Å². The maximum Gasteiger partial charge on any atom is 0.221 e. The maximum atomic E-state index is 12.2. The molecule has 2 rings (SSSR count). The molecule has 3 nitrogen and oxygen atoms in total. The van der Waals surface area contributed by atoms with Gasteiger partial charge in [-0.2, -0.15) is 0 Å². The molecule has 0 atom stereocenters. The fourth-order valence-corrected chi connectivity index (χ4v) is 3.44. The Morgan fingerprint density at radius 3 is 2.52 bits per heavy atom. The van der Waals surface area contributed by atoms with Gasteiger partial charge in [0.2, 0.25) is 5.91 Å². The fraction of sp³-hybridized carbons (Fsp3) is 0.650. The van der Waals surface area contributed by atoms with Gasteiger partial charge in [-0.3, -0.25) is 4.79 Å². The normalized spacial score (nSPS) is 16.2. The smallest absolute Gasteiger partial charge is 0.221 e. The molecule has 1 aromatic carbocycles. The summed E-state index contributed by atoms with van der Waals surface area (Å²) in [5, 5.41) is 6.70. The minimum Gasteiger partial charge on any atom is -0.384 e. The largest absolute Gasteiger partial charge is 0.384 e. The predicted molar refractivity (Wildman–Crippen MR) is 98.0 cm³/mol. The summed E-state index contributed by atoms with van der Waals surface area (Å²) in [5.41, 5.74) is 3.78. The van der Waals surface area contributed by atoms with Crippen molar-refractivity contribution in [2.75, 3.05) is 11.9 Å². The Hall–Kier alpha value is -1.51. The number of hydrogen-bond donors (Lipinski definition) is 2. The van der Waals surface area contributed by atoms with Crippen LogP contribution in [0.4, 0.5) is 5.69 Å². The highest BCUT2D eigenvalue weighted by Gasteiger charge is 2.15. The first-order valence-electron chi connectivity index (χ1n) is 9.20. The Bertz CT molecular complexity index is 502. The number of carbonyl (C=O) groups is 1. The number of para-hydroxylation sites is 1. The minimum atomic E-state index is 0.184. The van der Waals surface area contributed by atoms with Gasteiger partial charge in [0.25, 0.3) is 0 Å². The Morgan fingerprint density at radius 2 is 1.87 bits per heavy atom. The highest BCUT2D eigenvalue weighted by atomic mass is 16.1. The molecule has 128 valence electrons. The standard InChI is InChI=1S/C20H32N2O/c1-15(2)18-12-8-9-16(3)20(18)21-14-13-19(23)22-17-10-6-4-5-7-11-17/h8-9,12,15,17,21H,4-7,10-11,13-14H2,1-3H3,(H,22,23). The van der Waals surface area contributed by atoms with Crippen molar-refractivity contribution in [3.8, 4) is 0 Å². The van der Waals surface area contributed by atoms with Gasteiger partial charge in [0.1, 0.15) is 0 Å². The molecule has 1 aliphatic carbocycles. The molecule has 0 aliphatic heterocycles. The van der Waals surface area contributed by atoms with Crippen LogP contribution in [-0.2, 0) is 4.79 Å². The molecular weight excluding hydrogens is 284 g/mol. The van der Waals surface area contributed by atoms with Crippen molar-refractivity contribution in [2.45, 2.75) is 77.7 Å². The molecule has 3 heteroatoms. The number of amides is 1. The summed E-state index contributed by atoms with van der Waals surface area (Å²) in [7, 11) is 0. The molecule has 0 saturated heterocycles. The fourth-order valence-electron chi connectivity index (χ4n) is 3.44. The Labute approximate surface area is 141 Å². The molecule has 0 bridgehead atoms. The van der Waals surface area contributed by atoms with E-state index in [0.717, 1.165) is 12.8 Å². The monoisotopic (exact) mass is 316 g/mol. The van der Waals surface area contributed by atoms with Gasteiger partial charge in [0, 0.05) is 24.7 Å². The third kappa shape index (κ3) is 5.56. The summed E-state index contributed by atoms with van der Waals surface area (Å²) in [4.78, 5) is 12.2. The molecule has 0 heterocycles. The van der Waals surface area contributed by atoms with Gasteiger partial charge in [0.05, 0.1) is 0 Å². The molecule has 1 fully saturated rings. The zero-order valence-corrected chi connectivity index (χ0v) is 15.0. The van der Waals surface area contributed by atoms with Gasteiger partial charge < -0.3 is 10.6 Å². The molecule has 1 aliphatic rings. The quantitative estimate of drug-likeness (QED) is 0.743. The third-order valence-corrected chi connectivity index (χ3v) is 4.80. The molecule has 2 N–H and O–H groups in total. The molecule has 0 aromatic heterocycles. The highest BCUT2D eigenvalue weighted by Crippen LogP contribution is 2.27. The lowest BCUT2D eigenvalue weighted by atomic mass is 9.98. The molecule has 23 heavy (non-hydrogen) atoms. The van der Waals surface area contributed by atoms with Crippen molar-refractivity contribution in [3.63, 3.8) is 0 Å². The van der Waals surface area contributed by atoms with Crippen LogP contribution in [0, 0.1) is 6.92 Å². The lowest BCUT2D eigenvalue weighted by Crippen LogP contribution is -2.35. The van der Waals surface area contributed by atoms with E-state index in [1.165, 1.54) is 42.5 Å².